The average Bonchev–Trinajstić information content (AvgIpc) is 2.40. The van der Waals surface area contributed by atoms with E-state index >= 15 is 0 Å². The Kier molecular flexibility index (Phi) is 4.87. The number of halogens is 2. The van der Waals surface area contributed by atoms with Crippen LogP contribution in [-0.2, 0) is 6.54 Å². The lowest BCUT2D eigenvalue weighted by Gasteiger charge is -2.16. The SMILES string of the molecule is Cc1ccc(CNC(C)c2ccccc2Cl)cc1Cl. The van der Waals surface area contributed by atoms with Crippen LogP contribution in [0.3, 0.4) is 0 Å². The monoisotopic (exact) mass is 293 g/mol. The van der Waals surface area contributed by atoms with Crippen molar-refractivity contribution in [2.24, 2.45) is 0 Å². The van der Waals surface area contributed by atoms with Gasteiger partial charge >= 0.3 is 0 Å². The molecule has 1 unspecified atom stereocenters. The second-order valence-electron chi connectivity index (χ2n) is 4.71. The quantitative estimate of drug-likeness (QED) is 0.822. The summed E-state index contributed by atoms with van der Waals surface area (Å²) < 4.78 is 0. The number of benzene rings is 2. The highest BCUT2D eigenvalue weighted by Gasteiger charge is 2.08. The van der Waals surface area contributed by atoms with E-state index in [4.69, 9.17) is 23.2 Å². The van der Waals surface area contributed by atoms with Crippen LogP contribution in [0.4, 0.5) is 0 Å². The van der Waals surface area contributed by atoms with E-state index in [0.29, 0.717) is 0 Å². The van der Waals surface area contributed by atoms with Crippen LogP contribution in [0, 0.1) is 6.92 Å². The first kappa shape index (κ1) is 14.4. The van der Waals surface area contributed by atoms with Crippen molar-refractivity contribution in [1.29, 1.82) is 0 Å². The third-order valence-electron chi connectivity index (χ3n) is 3.22. The standard InChI is InChI=1S/C16H17Cl2N/c1-11-7-8-13(9-16(11)18)10-19-12(2)14-5-3-4-6-15(14)17/h3-9,12,19H,10H2,1-2H3. The van der Waals surface area contributed by atoms with Crippen molar-refractivity contribution in [2.45, 2.75) is 26.4 Å². The zero-order valence-electron chi connectivity index (χ0n) is 11.1. The van der Waals surface area contributed by atoms with Gasteiger partial charge in [-0.25, -0.2) is 0 Å². The minimum absolute atomic E-state index is 0.203. The molecule has 2 rings (SSSR count). The maximum atomic E-state index is 6.19. The van der Waals surface area contributed by atoms with E-state index in [0.717, 1.165) is 27.7 Å². The molecule has 100 valence electrons. The first-order valence-corrected chi connectivity index (χ1v) is 7.06. The normalized spacial score (nSPS) is 12.4. The van der Waals surface area contributed by atoms with Gasteiger partial charge in [0.05, 0.1) is 0 Å². The van der Waals surface area contributed by atoms with Crippen molar-refractivity contribution in [1.82, 2.24) is 5.32 Å². The lowest BCUT2D eigenvalue weighted by Crippen LogP contribution is -2.18. The number of nitrogens with one attached hydrogen (secondary N) is 1. The summed E-state index contributed by atoms with van der Waals surface area (Å²) in [4.78, 5) is 0. The molecule has 3 heteroatoms. The Labute approximate surface area is 124 Å². The smallest absolute Gasteiger partial charge is 0.0453 e. The Hall–Kier alpha value is -1.02. The van der Waals surface area contributed by atoms with Crippen molar-refractivity contribution in [3.8, 4) is 0 Å². The molecule has 0 bridgehead atoms. The van der Waals surface area contributed by atoms with Gasteiger partial charge in [0.2, 0.25) is 0 Å². The Morgan fingerprint density at radius 3 is 2.47 bits per heavy atom. The molecule has 2 aromatic rings. The number of hydrogen-bond acceptors (Lipinski definition) is 1. The fraction of sp³-hybridized carbons (Fsp3) is 0.250. The molecule has 1 nitrogen and oxygen atoms in total. The molecule has 0 amide bonds. The van der Waals surface area contributed by atoms with E-state index in [2.05, 4.69) is 18.3 Å². The number of rotatable bonds is 4. The molecule has 0 aliphatic rings. The molecule has 1 atom stereocenters. The molecule has 0 spiro atoms. The second-order valence-corrected chi connectivity index (χ2v) is 5.52. The fourth-order valence-electron chi connectivity index (χ4n) is 1.95. The van der Waals surface area contributed by atoms with Gasteiger partial charge in [-0.05, 0) is 42.7 Å². The Morgan fingerprint density at radius 2 is 1.79 bits per heavy atom. The van der Waals surface area contributed by atoms with Crippen molar-refractivity contribution < 1.29 is 0 Å². The molecule has 0 saturated heterocycles. The maximum Gasteiger partial charge on any atom is 0.0453 e. The lowest BCUT2D eigenvalue weighted by atomic mass is 10.1. The Morgan fingerprint density at radius 1 is 1.05 bits per heavy atom. The topological polar surface area (TPSA) is 12.0 Å². The highest BCUT2D eigenvalue weighted by Crippen LogP contribution is 2.23. The molecule has 0 aliphatic heterocycles. The van der Waals surface area contributed by atoms with Gasteiger partial charge in [-0.3, -0.25) is 0 Å². The van der Waals surface area contributed by atoms with Crippen molar-refractivity contribution >= 4 is 23.2 Å². The minimum atomic E-state index is 0.203. The third kappa shape index (κ3) is 3.73. The van der Waals surface area contributed by atoms with E-state index in [1.807, 2.05) is 43.3 Å². The zero-order valence-corrected chi connectivity index (χ0v) is 12.6. The molecule has 2 aromatic carbocycles. The molecule has 1 N–H and O–H groups in total. The van der Waals surface area contributed by atoms with Crippen LogP contribution >= 0.6 is 23.2 Å². The van der Waals surface area contributed by atoms with Crippen LogP contribution < -0.4 is 5.32 Å². The molecule has 0 aliphatic carbocycles. The predicted molar refractivity (Wildman–Crippen MR) is 82.9 cm³/mol. The van der Waals surface area contributed by atoms with Crippen LogP contribution in [-0.4, -0.2) is 0 Å². The minimum Gasteiger partial charge on any atom is -0.306 e. The van der Waals surface area contributed by atoms with Crippen molar-refractivity contribution in [3.05, 3.63) is 69.2 Å². The van der Waals surface area contributed by atoms with Gasteiger partial charge in [-0.2, -0.15) is 0 Å². The fourth-order valence-corrected chi connectivity index (χ4v) is 2.46. The first-order valence-electron chi connectivity index (χ1n) is 6.31. The van der Waals surface area contributed by atoms with Gasteiger partial charge in [0, 0.05) is 22.6 Å². The molecule has 0 radical (unpaired) electrons. The summed E-state index contributed by atoms with van der Waals surface area (Å²) in [5, 5.41) is 5.07. The van der Waals surface area contributed by atoms with Gasteiger partial charge in [0.25, 0.3) is 0 Å². The number of hydrogen-bond donors (Lipinski definition) is 1. The third-order valence-corrected chi connectivity index (χ3v) is 3.97. The highest BCUT2D eigenvalue weighted by molar-refractivity contribution is 6.31. The molecular formula is C16H17Cl2N. The van der Waals surface area contributed by atoms with E-state index in [1.54, 1.807) is 0 Å². The van der Waals surface area contributed by atoms with Gasteiger partial charge in [-0.15, -0.1) is 0 Å². The van der Waals surface area contributed by atoms with Crippen molar-refractivity contribution in [2.75, 3.05) is 0 Å². The largest absolute Gasteiger partial charge is 0.306 e. The summed E-state index contributed by atoms with van der Waals surface area (Å²) in [5.74, 6) is 0. The lowest BCUT2D eigenvalue weighted by molar-refractivity contribution is 0.575. The summed E-state index contributed by atoms with van der Waals surface area (Å²) in [6, 6.07) is 14.2. The Bertz CT molecular complexity index is 566. The van der Waals surface area contributed by atoms with E-state index in [1.165, 1.54) is 5.56 Å². The number of aryl methyl sites for hydroxylation is 1. The van der Waals surface area contributed by atoms with Gasteiger partial charge in [0.1, 0.15) is 0 Å². The molecule has 0 saturated carbocycles. The molecule has 19 heavy (non-hydrogen) atoms. The molecule has 0 fully saturated rings. The summed E-state index contributed by atoms with van der Waals surface area (Å²) >= 11 is 12.3. The molecular weight excluding hydrogens is 277 g/mol. The summed E-state index contributed by atoms with van der Waals surface area (Å²) in [7, 11) is 0. The van der Waals surface area contributed by atoms with E-state index in [9.17, 15) is 0 Å². The van der Waals surface area contributed by atoms with Crippen LogP contribution in [0.25, 0.3) is 0 Å². The van der Waals surface area contributed by atoms with Gasteiger partial charge in [0.15, 0.2) is 0 Å². The summed E-state index contributed by atoms with van der Waals surface area (Å²) in [6.45, 7) is 4.88. The average molecular weight is 294 g/mol. The molecule has 0 aromatic heterocycles. The maximum absolute atomic E-state index is 6.19. The van der Waals surface area contributed by atoms with Crippen LogP contribution in [0.5, 0.6) is 0 Å². The van der Waals surface area contributed by atoms with Crippen LogP contribution in [0.1, 0.15) is 29.7 Å². The molecule has 0 heterocycles. The predicted octanol–water partition coefficient (Wildman–Crippen LogP) is 5.15. The van der Waals surface area contributed by atoms with Crippen LogP contribution in [0.15, 0.2) is 42.5 Å². The van der Waals surface area contributed by atoms with Gasteiger partial charge in [-0.1, -0.05) is 53.5 Å². The van der Waals surface area contributed by atoms with E-state index in [-0.39, 0.29) is 6.04 Å². The summed E-state index contributed by atoms with van der Waals surface area (Å²) in [6.07, 6.45) is 0. The van der Waals surface area contributed by atoms with E-state index < -0.39 is 0 Å². The van der Waals surface area contributed by atoms with Crippen LogP contribution in [0.2, 0.25) is 10.0 Å². The zero-order chi connectivity index (χ0) is 13.8. The first-order chi connectivity index (χ1) is 9.08. The second kappa shape index (κ2) is 6.42. The van der Waals surface area contributed by atoms with Crippen molar-refractivity contribution in [3.63, 3.8) is 0 Å². The van der Waals surface area contributed by atoms with Gasteiger partial charge < -0.3 is 5.32 Å². The summed E-state index contributed by atoms with van der Waals surface area (Å²) in [5.41, 5.74) is 3.39. The highest BCUT2D eigenvalue weighted by atomic mass is 35.5. The Balaban J connectivity index is 2.02.